The van der Waals surface area contributed by atoms with Gasteiger partial charge in [0.2, 0.25) is 0 Å². The van der Waals surface area contributed by atoms with E-state index in [0.717, 1.165) is 0 Å². The van der Waals surface area contributed by atoms with Crippen molar-refractivity contribution in [2.45, 2.75) is 20.8 Å². The van der Waals surface area contributed by atoms with Crippen molar-refractivity contribution in [1.29, 1.82) is 0 Å². The Bertz CT molecular complexity index is 650. The Morgan fingerprint density at radius 2 is 1.25 bits per heavy atom. The molecule has 2 aromatic carbocycles. The van der Waals surface area contributed by atoms with Crippen molar-refractivity contribution in [3.8, 4) is 20.9 Å². The molecule has 0 nitrogen and oxygen atoms in total. The second kappa shape index (κ2) is 7.06. The first-order chi connectivity index (χ1) is 9.83. The van der Waals surface area contributed by atoms with Crippen molar-refractivity contribution < 1.29 is 0 Å². The topological polar surface area (TPSA) is 0 Å². The standard InChI is InChI=1S/C17H14S.C2H6/c1-13-6-5-9-15(12-13)17-11-10-16(18-17)14-7-3-2-4-8-14;1-2/h2-12H,1H3;1-2H3. The van der Waals surface area contributed by atoms with Gasteiger partial charge in [-0.15, -0.1) is 11.3 Å². The summed E-state index contributed by atoms with van der Waals surface area (Å²) >= 11 is 1.85. The molecule has 0 aliphatic heterocycles. The summed E-state index contributed by atoms with van der Waals surface area (Å²) in [6, 6.07) is 23.6. The van der Waals surface area contributed by atoms with Crippen molar-refractivity contribution in [2.24, 2.45) is 0 Å². The maximum atomic E-state index is 2.24. The van der Waals surface area contributed by atoms with E-state index in [1.165, 1.54) is 26.4 Å². The van der Waals surface area contributed by atoms with Crippen LogP contribution in [0.25, 0.3) is 20.9 Å². The smallest absolute Gasteiger partial charge is 0.0349 e. The van der Waals surface area contributed by atoms with Crippen molar-refractivity contribution in [2.75, 3.05) is 0 Å². The highest BCUT2D eigenvalue weighted by Gasteiger charge is 2.04. The monoisotopic (exact) mass is 280 g/mol. The lowest BCUT2D eigenvalue weighted by Crippen LogP contribution is -1.73. The molecule has 0 fully saturated rings. The van der Waals surface area contributed by atoms with Gasteiger partial charge in [-0.25, -0.2) is 0 Å². The summed E-state index contributed by atoms with van der Waals surface area (Å²) in [4.78, 5) is 2.66. The molecule has 3 rings (SSSR count). The van der Waals surface area contributed by atoms with E-state index in [2.05, 4.69) is 73.7 Å². The van der Waals surface area contributed by atoms with E-state index in [-0.39, 0.29) is 0 Å². The minimum Gasteiger partial charge on any atom is -0.135 e. The van der Waals surface area contributed by atoms with Gasteiger partial charge in [-0.3, -0.25) is 0 Å². The first kappa shape index (κ1) is 14.5. The van der Waals surface area contributed by atoms with Crippen LogP contribution in [0, 0.1) is 6.92 Å². The zero-order valence-corrected chi connectivity index (χ0v) is 13.1. The van der Waals surface area contributed by atoms with Gasteiger partial charge >= 0.3 is 0 Å². The summed E-state index contributed by atoms with van der Waals surface area (Å²) < 4.78 is 0. The molecular weight excluding hydrogens is 260 g/mol. The van der Waals surface area contributed by atoms with Crippen LogP contribution in [0.5, 0.6) is 0 Å². The Morgan fingerprint density at radius 3 is 1.90 bits per heavy atom. The van der Waals surface area contributed by atoms with Crippen LogP contribution in [0.15, 0.2) is 66.7 Å². The van der Waals surface area contributed by atoms with E-state index in [0.29, 0.717) is 0 Å². The number of aryl methyl sites for hydroxylation is 1. The van der Waals surface area contributed by atoms with E-state index in [4.69, 9.17) is 0 Å². The van der Waals surface area contributed by atoms with Crippen LogP contribution >= 0.6 is 11.3 Å². The predicted molar refractivity (Wildman–Crippen MR) is 91.3 cm³/mol. The molecule has 0 aliphatic rings. The second-order valence-corrected chi connectivity index (χ2v) is 5.48. The quantitative estimate of drug-likeness (QED) is 0.508. The first-order valence-corrected chi connectivity index (χ1v) is 7.87. The molecule has 0 spiro atoms. The van der Waals surface area contributed by atoms with Crippen molar-refractivity contribution in [3.63, 3.8) is 0 Å². The Morgan fingerprint density at radius 1 is 0.650 bits per heavy atom. The molecule has 20 heavy (non-hydrogen) atoms. The summed E-state index contributed by atoms with van der Waals surface area (Å²) in [7, 11) is 0. The lowest BCUT2D eigenvalue weighted by Gasteiger charge is -1.99. The fourth-order valence-electron chi connectivity index (χ4n) is 2.05. The average molecular weight is 280 g/mol. The second-order valence-electron chi connectivity index (χ2n) is 4.40. The summed E-state index contributed by atoms with van der Waals surface area (Å²) in [5, 5.41) is 0. The summed E-state index contributed by atoms with van der Waals surface area (Å²) in [6.45, 7) is 6.13. The molecule has 0 N–H and O–H groups in total. The molecule has 1 heteroatoms. The third-order valence-electron chi connectivity index (χ3n) is 2.97. The average Bonchev–Trinajstić information content (AvgIpc) is 3.00. The minimum atomic E-state index is 1.29. The lowest BCUT2D eigenvalue weighted by molar-refractivity contribution is 1.48. The Balaban J connectivity index is 0.000000704. The van der Waals surface area contributed by atoms with Gasteiger partial charge < -0.3 is 0 Å². The zero-order valence-electron chi connectivity index (χ0n) is 12.3. The molecule has 0 aliphatic carbocycles. The number of benzene rings is 2. The van der Waals surface area contributed by atoms with Gasteiger partial charge in [-0.05, 0) is 30.2 Å². The molecule has 3 aromatic rings. The van der Waals surface area contributed by atoms with E-state index in [1.54, 1.807) is 0 Å². The summed E-state index contributed by atoms with van der Waals surface area (Å²) in [6.07, 6.45) is 0. The minimum absolute atomic E-state index is 1.29. The van der Waals surface area contributed by atoms with Crippen LogP contribution in [-0.2, 0) is 0 Å². The largest absolute Gasteiger partial charge is 0.135 e. The number of rotatable bonds is 2. The van der Waals surface area contributed by atoms with Crippen LogP contribution in [0.2, 0.25) is 0 Å². The number of hydrogen-bond donors (Lipinski definition) is 0. The fraction of sp³-hybridized carbons (Fsp3) is 0.158. The highest BCUT2D eigenvalue weighted by molar-refractivity contribution is 7.18. The van der Waals surface area contributed by atoms with Crippen molar-refractivity contribution >= 4 is 11.3 Å². The van der Waals surface area contributed by atoms with Gasteiger partial charge in [-0.2, -0.15) is 0 Å². The molecule has 0 radical (unpaired) electrons. The maximum Gasteiger partial charge on any atom is 0.0349 e. The van der Waals surface area contributed by atoms with Crippen LogP contribution in [0.4, 0.5) is 0 Å². The van der Waals surface area contributed by atoms with Gasteiger partial charge in [0.05, 0.1) is 0 Å². The summed E-state index contributed by atoms with van der Waals surface area (Å²) in [5.41, 5.74) is 3.91. The molecule has 0 bridgehead atoms. The van der Waals surface area contributed by atoms with Crippen LogP contribution in [0.1, 0.15) is 19.4 Å². The molecule has 0 saturated carbocycles. The highest BCUT2D eigenvalue weighted by Crippen LogP contribution is 2.34. The van der Waals surface area contributed by atoms with Crippen molar-refractivity contribution in [3.05, 3.63) is 72.3 Å². The Labute approximate surface area is 125 Å². The SMILES string of the molecule is CC.Cc1cccc(-c2ccc(-c3ccccc3)s2)c1. The molecule has 0 amide bonds. The van der Waals surface area contributed by atoms with E-state index >= 15 is 0 Å². The summed E-state index contributed by atoms with van der Waals surface area (Å²) in [5.74, 6) is 0. The van der Waals surface area contributed by atoms with Crippen LogP contribution in [0.3, 0.4) is 0 Å². The van der Waals surface area contributed by atoms with E-state index in [9.17, 15) is 0 Å². The predicted octanol–water partition coefficient (Wildman–Crippen LogP) is 6.42. The van der Waals surface area contributed by atoms with Crippen LogP contribution < -0.4 is 0 Å². The third kappa shape index (κ3) is 3.37. The van der Waals surface area contributed by atoms with Crippen LogP contribution in [-0.4, -0.2) is 0 Å². The molecule has 0 saturated heterocycles. The number of hydrogen-bond acceptors (Lipinski definition) is 1. The molecule has 0 unspecified atom stereocenters. The maximum absolute atomic E-state index is 2.24. The van der Waals surface area contributed by atoms with E-state index < -0.39 is 0 Å². The van der Waals surface area contributed by atoms with Gasteiger partial charge in [0, 0.05) is 9.75 Å². The van der Waals surface area contributed by atoms with Gasteiger partial charge in [0.25, 0.3) is 0 Å². The van der Waals surface area contributed by atoms with E-state index in [1.807, 2.05) is 25.2 Å². The first-order valence-electron chi connectivity index (χ1n) is 7.05. The van der Waals surface area contributed by atoms with Gasteiger partial charge in [-0.1, -0.05) is 74.0 Å². The Hall–Kier alpha value is -1.86. The molecule has 1 aromatic heterocycles. The molecule has 102 valence electrons. The molecule has 0 atom stereocenters. The third-order valence-corrected chi connectivity index (χ3v) is 4.15. The lowest BCUT2D eigenvalue weighted by atomic mass is 10.1. The highest BCUT2D eigenvalue weighted by atomic mass is 32.1. The fourth-order valence-corrected chi connectivity index (χ4v) is 3.06. The van der Waals surface area contributed by atoms with Gasteiger partial charge in [0.15, 0.2) is 0 Å². The zero-order chi connectivity index (χ0) is 14.4. The van der Waals surface area contributed by atoms with Gasteiger partial charge in [0.1, 0.15) is 0 Å². The normalized spacial score (nSPS) is 9.75. The number of thiophene rings is 1. The molecular formula is C19H20S. The van der Waals surface area contributed by atoms with Crippen molar-refractivity contribution in [1.82, 2.24) is 0 Å². The Kier molecular flexibility index (Phi) is 5.14. The molecule has 1 heterocycles.